The van der Waals surface area contributed by atoms with Gasteiger partial charge in [-0.3, -0.25) is 9.59 Å². The summed E-state index contributed by atoms with van der Waals surface area (Å²) in [6.45, 7) is 1.65. The number of nitrogens with zero attached hydrogens (tertiary/aromatic N) is 1. The number of alkyl halides is 3. The third-order valence-electron chi connectivity index (χ3n) is 5.19. The maximum absolute atomic E-state index is 12.5. The first-order valence-electron chi connectivity index (χ1n) is 10.3. The molecular formula is C23H25F3N2O3. The SMILES string of the molecule is O=C(CCc1ccccc1OC(F)(F)F)NCCCC(=O)N1CCc2ccccc2C1. The van der Waals surface area contributed by atoms with Crippen molar-refractivity contribution in [1.82, 2.24) is 10.2 Å². The van der Waals surface area contributed by atoms with E-state index in [1.165, 1.54) is 29.3 Å². The zero-order valence-electron chi connectivity index (χ0n) is 17.1. The van der Waals surface area contributed by atoms with Gasteiger partial charge in [0.1, 0.15) is 5.75 Å². The molecule has 3 rings (SSSR count). The van der Waals surface area contributed by atoms with E-state index in [2.05, 4.69) is 16.1 Å². The Morgan fingerprint density at radius 2 is 1.71 bits per heavy atom. The molecule has 1 aliphatic rings. The second kappa shape index (κ2) is 10.3. The van der Waals surface area contributed by atoms with Crippen molar-refractivity contribution in [1.29, 1.82) is 0 Å². The van der Waals surface area contributed by atoms with E-state index in [0.717, 1.165) is 6.42 Å². The minimum atomic E-state index is -4.78. The van der Waals surface area contributed by atoms with Crippen LogP contribution in [0.25, 0.3) is 0 Å². The molecule has 0 atom stereocenters. The van der Waals surface area contributed by atoms with Gasteiger partial charge in [0.05, 0.1) is 0 Å². The van der Waals surface area contributed by atoms with Crippen LogP contribution < -0.4 is 10.1 Å². The molecule has 0 saturated carbocycles. The fraction of sp³-hybridized carbons (Fsp3) is 0.391. The largest absolute Gasteiger partial charge is 0.573 e. The fourth-order valence-electron chi connectivity index (χ4n) is 3.61. The molecule has 8 heteroatoms. The number of ether oxygens (including phenoxy) is 1. The first-order chi connectivity index (χ1) is 14.8. The van der Waals surface area contributed by atoms with Gasteiger partial charge in [-0.05, 0) is 42.0 Å². The number of fused-ring (bicyclic) bond motifs is 1. The number of halogens is 3. The van der Waals surface area contributed by atoms with Crippen LogP contribution in [-0.2, 0) is 29.0 Å². The highest BCUT2D eigenvalue weighted by Gasteiger charge is 2.32. The predicted octanol–water partition coefficient (Wildman–Crippen LogP) is 4.00. The predicted molar refractivity (Wildman–Crippen MR) is 109 cm³/mol. The van der Waals surface area contributed by atoms with Crippen LogP contribution in [0.5, 0.6) is 5.75 Å². The number of aryl methyl sites for hydroxylation is 1. The summed E-state index contributed by atoms with van der Waals surface area (Å²) in [5.74, 6) is -0.514. The van der Waals surface area contributed by atoms with Gasteiger partial charge in [-0.1, -0.05) is 42.5 Å². The zero-order valence-corrected chi connectivity index (χ0v) is 17.1. The molecule has 31 heavy (non-hydrogen) atoms. The number of nitrogens with one attached hydrogen (secondary N) is 1. The Hall–Kier alpha value is -3.03. The molecule has 166 valence electrons. The van der Waals surface area contributed by atoms with E-state index < -0.39 is 6.36 Å². The number of hydrogen-bond acceptors (Lipinski definition) is 3. The summed E-state index contributed by atoms with van der Waals surface area (Å²) >= 11 is 0. The third kappa shape index (κ3) is 7.01. The molecule has 0 unspecified atom stereocenters. The molecule has 0 fully saturated rings. The lowest BCUT2D eigenvalue weighted by molar-refractivity contribution is -0.274. The molecule has 0 radical (unpaired) electrons. The fourth-order valence-corrected chi connectivity index (χ4v) is 3.61. The monoisotopic (exact) mass is 434 g/mol. The maximum atomic E-state index is 12.5. The van der Waals surface area contributed by atoms with Gasteiger partial charge >= 0.3 is 6.36 Å². The summed E-state index contributed by atoms with van der Waals surface area (Å²) in [5.41, 5.74) is 2.77. The molecule has 0 saturated heterocycles. The van der Waals surface area contributed by atoms with Crippen molar-refractivity contribution in [2.45, 2.75) is 45.0 Å². The van der Waals surface area contributed by atoms with Crippen molar-refractivity contribution >= 4 is 11.8 Å². The topological polar surface area (TPSA) is 58.6 Å². The minimum absolute atomic E-state index is 0.0368. The average Bonchev–Trinajstić information content (AvgIpc) is 2.74. The van der Waals surface area contributed by atoms with Crippen LogP contribution in [0.1, 0.15) is 36.0 Å². The Kier molecular flexibility index (Phi) is 7.55. The Morgan fingerprint density at radius 3 is 2.48 bits per heavy atom. The van der Waals surface area contributed by atoms with Crippen molar-refractivity contribution < 1.29 is 27.5 Å². The number of rotatable bonds is 8. The van der Waals surface area contributed by atoms with E-state index in [9.17, 15) is 22.8 Å². The number of para-hydroxylation sites is 1. The van der Waals surface area contributed by atoms with Crippen molar-refractivity contribution in [3.63, 3.8) is 0 Å². The maximum Gasteiger partial charge on any atom is 0.573 e. The summed E-state index contributed by atoms with van der Waals surface area (Å²) in [6, 6.07) is 13.9. The average molecular weight is 434 g/mol. The van der Waals surface area contributed by atoms with Gasteiger partial charge < -0.3 is 15.0 Å². The summed E-state index contributed by atoms with van der Waals surface area (Å²) in [6.07, 6.45) is -2.92. The molecule has 1 N–H and O–H groups in total. The lowest BCUT2D eigenvalue weighted by atomic mass is 9.99. The van der Waals surface area contributed by atoms with E-state index in [1.54, 1.807) is 6.07 Å². The van der Waals surface area contributed by atoms with Crippen LogP contribution in [0.2, 0.25) is 0 Å². The standard InChI is InChI=1S/C23H25F3N2O3/c24-23(25,26)31-20-9-4-3-7-18(20)11-12-21(29)27-14-5-10-22(30)28-15-13-17-6-1-2-8-19(17)16-28/h1-4,6-9H,5,10-16H2,(H,27,29). The van der Waals surface area contributed by atoms with E-state index in [0.29, 0.717) is 38.0 Å². The molecule has 1 heterocycles. The summed E-state index contributed by atoms with van der Waals surface area (Å²) < 4.78 is 41.4. The lowest BCUT2D eigenvalue weighted by Crippen LogP contribution is -2.36. The second-order valence-corrected chi connectivity index (χ2v) is 7.44. The number of amides is 2. The third-order valence-corrected chi connectivity index (χ3v) is 5.19. The Labute approximate surface area is 179 Å². The van der Waals surface area contributed by atoms with Crippen LogP contribution >= 0.6 is 0 Å². The summed E-state index contributed by atoms with van der Waals surface area (Å²) in [7, 11) is 0. The number of benzene rings is 2. The van der Waals surface area contributed by atoms with Crippen molar-refractivity contribution in [3.8, 4) is 5.75 Å². The summed E-state index contributed by atoms with van der Waals surface area (Å²) in [4.78, 5) is 26.3. The van der Waals surface area contributed by atoms with Crippen LogP contribution in [-0.4, -0.2) is 36.2 Å². The second-order valence-electron chi connectivity index (χ2n) is 7.44. The van der Waals surface area contributed by atoms with E-state index >= 15 is 0 Å². The lowest BCUT2D eigenvalue weighted by Gasteiger charge is -2.29. The normalized spacial score (nSPS) is 13.5. The van der Waals surface area contributed by atoms with E-state index in [1.807, 2.05) is 23.1 Å². The zero-order chi connectivity index (χ0) is 22.3. The first kappa shape index (κ1) is 22.7. The molecule has 1 aliphatic heterocycles. The van der Waals surface area contributed by atoms with Crippen LogP contribution in [0, 0.1) is 0 Å². The Morgan fingerprint density at radius 1 is 1.00 bits per heavy atom. The molecule has 5 nitrogen and oxygen atoms in total. The number of carbonyl (C=O) groups excluding carboxylic acids is 2. The number of carbonyl (C=O) groups is 2. The molecular weight excluding hydrogens is 409 g/mol. The van der Waals surface area contributed by atoms with E-state index in [-0.39, 0.29) is 30.4 Å². The highest BCUT2D eigenvalue weighted by molar-refractivity contribution is 5.77. The van der Waals surface area contributed by atoms with Gasteiger partial charge in [-0.15, -0.1) is 13.2 Å². The molecule has 0 aliphatic carbocycles. The Bertz CT molecular complexity index is 915. The van der Waals surface area contributed by atoms with Crippen LogP contribution in [0.3, 0.4) is 0 Å². The molecule has 0 spiro atoms. The van der Waals surface area contributed by atoms with Gasteiger partial charge in [-0.25, -0.2) is 0 Å². The van der Waals surface area contributed by atoms with Crippen LogP contribution in [0.4, 0.5) is 13.2 Å². The highest BCUT2D eigenvalue weighted by Crippen LogP contribution is 2.27. The number of hydrogen-bond donors (Lipinski definition) is 1. The molecule has 2 aromatic carbocycles. The van der Waals surface area contributed by atoms with Gasteiger partial charge in [0.2, 0.25) is 11.8 Å². The van der Waals surface area contributed by atoms with Crippen molar-refractivity contribution in [2.24, 2.45) is 0 Å². The smallest absolute Gasteiger partial charge is 0.406 e. The Balaban J connectivity index is 1.36. The molecule has 0 bridgehead atoms. The van der Waals surface area contributed by atoms with Gasteiger partial charge in [-0.2, -0.15) is 0 Å². The van der Waals surface area contributed by atoms with Gasteiger partial charge in [0, 0.05) is 32.5 Å². The van der Waals surface area contributed by atoms with Crippen LogP contribution in [0.15, 0.2) is 48.5 Å². The molecule has 2 aromatic rings. The minimum Gasteiger partial charge on any atom is -0.406 e. The quantitative estimate of drug-likeness (QED) is 0.639. The highest BCUT2D eigenvalue weighted by atomic mass is 19.4. The van der Waals surface area contributed by atoms with E-state index in [4.69, 9.17) is 0 Å². The summed E-state index contributed by atoms with van der Waals surface area (Å²) in [5, 5.41) is 2.72. The first-order valence-corrected chi connectivity index (χ1v) is 10.3. The van der Waals surface area contributed by atoms with Gasteiger partial charge in [0.15, 0.2) is 0 Å². The molecule has 0 aromatic heterocycles. The van der Waals surface area contributed by atoms with Gasteiger partial charge in [0.25, 0.3) is 0 Å². The molecule has 2 amide bonds. The van der Waals surface area contributed by atoms with Crippen molar-refractivity contribution in [3.05, 3.63) is 65.2 Å². The van der Waals surface area contributed by atoms with Crippen molar-refractivity contribution in [2.75, 3.05) is 13.1 Å².